The lowest BCUT2D eigenvalue weighted by Gasteiger charge is -2.07. The Labute approximate surface area is 120 Å². The highest BCUT2D eigenvalue weighted by Gasteiger charge is 2.06. The van der Waals surface area contributed by atoms with Crippen molar-refractivity contribution in [2.24, 2.45) is 0 Å². The molecule has 1 aromatic heterocycles. The zero-order chi connectivity index (χ0) is 13.1. The van der Waals surface area contributed by atoms with E-state index in [1.807, 2.05) is 6.07 Å². The van der Waals surface area contributed by atoms with Gasteiger partial charge in [0.15, 0.2) is 0 Å². The molecule has 0 atom stereocenters. The molecule has 0 radical (unpaired) electrons. The monoisotopic (exact) mass is 322 g/mol. The molecular weight excluding hydrogens is 308 g/mol. The van der Waals surface area contributed by atoms with Crippen LogP contribution in [0, 0.1) is 13.8 Å². The van der Waals surface area contributed by atoms with Gasteiger partial charge >= 0.3 is 0 Å². The van der Waals surface area contributed by atoms with Crippen LogP contribution in [0.2, 0.25) is 0 Å². The molecule has 2 rings (SSSR count). The minimum atomic E-state index is 0.847. The summed E-state index contributed by atoms with van der Waals surface area (Å²) in [6, 6.07) is 8.44. The molecule has 0 saturated heterocycles. The van der Waals surface area contributed by atoms with E-state index in [1.54, 1.807) is 11.8 Å². The largest absolute Gasteiger partial charge is 0.226 e. The van der Waals surface area contributed by atoms with Crippen LogP contribution in [0.5, 0.6) is 0 Å². The van der Waals surface area contributed by atoms with E-state index in [1.165, 1.54) is 16.0 Å². The summed E-state index contributed by atoms with van der Waals surface area (Å²) in [7, 11) is 0. The Bertz CT molecular complexity index is 570. The molecule has 0 aliphatic heterocycles. The van der Waals surface area contributed by atoms with E-state index in [4.69, 9.17) is 0 Å². The first-order valence-corrected chi connectivity index (χ1v) is 7.48. The highest BCUT2D eigenvalue weighted by molar-refractivity contribution is 9.10. The van der Waals surface area contributed by atoms with E-state index in [-0.39, 0.29) is 0 Å². The number of nitrogens with zero attached hydrogens (tertiary/aromatic N) is 2. The van der Waals surface area contributed by atoms with Crippen molar-refractivity contribution >= 4 is 27.7 Å². The first-order valence-electron chi connectivity index (χ1n) is 5.87. The first kappa shape index (κ1) is 13.6. The summed E-state index contributed by atoms with van der Waals surface area (Å²) in [5.74, 6) is 0.872. The van der Waals surface area contributed by atoms with Gasteiger partial charge in [0.25, 0.3) is 0 Å². The maximum Gasteiger partial charge on any atom is 0.130 e. The maximum atomic E-state index is 4.54. The fourth-order valence-corrected chi connectivity index (χ4v) is 3.18. The molecule has 0 amide bonds. The second-order valence-corrected chi connectivity index (χ2v) is 6.04. The summed E-state index contributed by atoms with van der Waals surface area (Å²) in [6.07, 6.45) is 0.847. The van der Waals surface area contributed by atoms with Gasteiger partial charge in [-0.1, -0.05) is 30.8 Å². The normalized spacial score (nSPS) is 10.7. The fourth-order valence-electron chi connectivity index (χ4n) is 1.58. The molecule has 0 spiro atoms. The molecule has 2 nitrogen and oxygen atoms in total. The van der Waals surface area contributed by atoms with Crippen LogP contribution in [0.3, 0.4) is 0 Å². The van der Waals surface area contributed by atoms with Crippen molar-refractivity contribution < 1.29 is 0 Å². The summed E-state index contributed by atoms with van der Waals surface area (Å²) >= 11 is 5.13. The van der Waals surface area contributed by atoms with Crippen LogP contribution in [0.15, 0.2) is 38.8 Å². The molecule has 0 unspecified atom stereocenters. The number of hydrogen-bond donors (Lipinski definition) is 0. The SMILES string of the molecule is CCc1nc(Br)cc(Sc2cc(C)ccc2C)n1. The molecule has 1 aromatic carbocycles. The molecule has 0 bridgehead atoms. The van der Waals surface area contributed by atoms with Gasteiger partial charge in [-0.25, -0.2) is 9.97 Å². The third-order valence-corrected chi connectivity index (χ3v) is 4.08. The Morgan fingerprint density at radius 1 is 1.17 bits per heavy atom. The lowest BCUT2D eigenvalue weighted by atomic mass is 10.2. The Hall–Kier alpha value is -0.870. The third kappa shape index (κ3) is 3.33. The van der Waals surface area contributed by atoms with Crippen LogP contribution in [-0.2, 0) is 6.42 Å². The van der Waals surface area contributed by atoms with Gasteiger partial charge in [-0.05, 0) is 47.0 Å². The van der Waals surface area contributed by atoms with Gasteiger partial charge < -0.3 is 0 Å². The molecular formula is C14H15BrN2S. The van der Waals surface area contributed by atoms with Crippen LogP contribution in [-0.4, -0.2) is 9.97 Å². The zero-order valence-electron chi connectivity index (χ0n) is 10.7. The minimum absolute atomic E-state index is 0.847. The van der Waals surface area contributed by atoms with Crippen molar-refractivity contribution in [2.45, 2.75) is 37.1 Å². The van der Waals surface area contributed by atoms with E-state index in [2.05, 4.69) is 64.9 Å². The van der Waals surface area contributed by atoms with E-state index < -0.39 is 0 Å². The summed E-state index contributed by atoms with van der Waals surface area (Å²) in [5.41, 5.74) is 2.55. The highest BCUT2D eigenvalue weighted by Crippen LogP contribution is 2.30. The van der Waals surface area contributed by atoms with Gasteiger partial charge in [0, 0.05) is 17.4 Å². The first-order chi connectivity index (χ1) is 8.58. The zero-order valence-corrected chi connectivity index (χ0v) is 13.1. The average Bonchev–Trinajstić information content (AvgIpc) is 2.33. The molecule has 0 aliphatic carbocycles. The lowest BCUT2D eigenvalue weighted by molar-refractivity contribution is 0.877. The van der Waals surface area contributed by atoms with Crippen molar-refractivity contribution in [1.29, 1.82) is 0 Å². The second kappa shape index (κ2) is 5.85. The Morgan fingerprint density at radius 3 is 2.67 bits per heavy atom. The predicted octanol–water partition coefficient (Wildman–Crippen LogP) is 4.57. The van der Waals surface area contributed by atoms with Crippen molar-refractivity contribution in [3.05, 3.63) is 45.8 Å². The Morgan fingerprint density at radius 2 is 1.94 bits per heavy atom. The molecule has 0 saturated carbocycles. The summed E-state index contributed by atoms with van der Waals surface area (Å²) < 4.78 is 0.849. The number of hydrogen-bond acceptors (Lipinski definition) is 3. The lowest BCUT2D eigenvalue weighted by Crippen LogP contribution is -1.95. The molecule has 0 N–H and O–H groups in total. The van der Waals surface area contributed by atoms with Gasteiger partial charge in [-0.15, -0.1) is 0 Å². The van der Waals surface area contributed by atoms with Gasteiger partial charge in [0.1, 0.15) is 15.5 Å². The number of aryl methyl sites for hydroxylation is 3. The molecule has 0 fully saturated rings. The summed E-state index contributed by atoms with van der Waals surface area (Å²) in [5, 5.41) is 0.988. The molecule has 4 heteroatoms. The minimum Gasteiger partial charge on any atom is -0.226 e. The highest BCUT2D eigenvalue weighted by atomic mass is 79.9. The van der Waals surface area contributed by atoms with Crippen molar-refractivity contribution in [3.63, 3.8) is 0 Å². The molecule has 1 heterocycles. The molecule has 94 valence electrons. The number of halogens is 1. The topological polar surface area (TPSA) is 25.8 Å². The number of benzene rings is 1. The van der Waals surface area contributed by atoms with E-state index >= 15 is 0 Å². The molecule has 2 aromatic rings. The predicted molar refractivity (Wildman–Crippen MR) is 79.1 cm³/mol. The van der Waals surface area contributed by atoms with Crippen LogP contribution in [0.4, 0.5) is 0 Å². The standard InChI is InChI=1S/C14H15BrN2S/c1-4-13-16-12(15)8-14(17-13)18-11-7-9(2)5-6-10(11)3/h5-8H,4H2,1-3H3. The Balaban J connectivity index is 2.33. The van der Waals surface area contributed by atoms with Gasteiger partial charge in [-0.2, -0.15) is 0 Å². The van der Waals surface area contributed by atoms with Gasteiger partial charge in [0.2, 0.25) is 0 Å². The Kier molecular flexibility index (Phi) is 4.40. The van der Waals surface area contributed by atoms with Crippen LogP contribution < -0.4 is 0 Å². The second-order valence-electron chi connectivity index (χ2n) is 4.17. The summed E-state index contributed by atoms with van der Waals surface area (Å²) in [6.45, 7) is 6.30. The molecule has 0 aliphatic rings. The van der Waals surface area contributed by atoms with Gasteiger partial charge in [0.05, 0.1) is 0 Å². The van der Waals surface area contributed by atoms with Crippen LogP contribution in [0.25, 0.3) is 0 Å². The molecule has 18 heavy (non-hydrogen) atoms. The van der Waals surface area contributed by atoms with E-state index in [9.17, 15) is 0 Å². The van der Waals surface area contributed by atoms with E-state index in [0.717, 1.165) is 21.9 Å². The number of aromatic nitrogens is 2. The van der Waals surface area contributed by atoms with Gasteiger partial charge in [-0.3, -0.25) is 0 Å². The fraction of sp³-hybridized carbons (Fsp3) is 0.286. The average molecular weight is 323 g/mol. The van der Waals surface area contributed by atoms with Crippen molar-refractivity contribution in [2.75, 3.05) is 0 Å². The number of rotatable bonds is 3. The third-order valence-electron chi connectivity index (χ3n) is 2.59. The van der Waals surface area contributed by atoms with E-state index in [0.29, 0.717) is 0 Å². The van der Waals surface area contributed by atoms with Crippen LogP contribution >= 0.6 is 27.7 Å². The van der Waals surface area contributed by atoms with Crippen molar-refractivity contribution in [1.82, 2.24) is 9.97 Å². The summed E-state index contributed by atoms with van der Waals surface area (Å²) in [4.78, 5) is 10.1. The van der Waals surface area contributed by atoms with Crippen molar-refractivity contribution in [3.8, 4) is 0 Å². The van der Waals surface area contributed by atoms with Crippen LogP contribution in [0.1, 0.15) is 23.9 Å². The quantitative estimate of drug-likeness (QED) is 0.774. The smallest absolute Gasteiger partial charge is 0.130 e. The maximum absolute atomic E-state index is 4.54.